The molecule has 0 amide bonds. The van der Waals surface area contributed by atoms with E-state index in [1.807, 2.05) is 11.8 Å². The molecule has 0 spiro atoms. The largest absolute Gasteiger partial charge is 0.481 e. The average molecular weight is 267 g/mol. The lowest BCUT2D eigenvalue weighted by molar-refractivity contribution is -0.154. The summed E-state index contributed by atoms with van der Waals surface area (Å²) < 4.78 is 15.3. The smallest absolute Gasteiger partial charge is 0.336 e. The van der Waals surface area contributed by atoms with Gasteiger partial charge in [0.2, 0.25) is 5.88 Å². The minimum absolute atomic E-state index is 0.372. The lowest BCUT2D eigenvalue weighted by Gasteiger charge is -2.33. The van der Waals surface area contributed by atoms with E-state index in [0.29, 0.717) is 25.6 Å². The van der Waals surface area contributed by atoms with Crippen molar-refractivity contribution < 1.29 is 19.0 Å². The first-order valence-corrected chi connectivity index (χ1v) is 5.97. The highest BCUT2D eigenvalue weighted by Gasteiger charge is 2.29. The van der Waals surface area contributed by atoms with Crippen LogP contribution in [-0.2, 0) is 14.3 Å². The lowest BCUT2D eigenvalue weighted by atomic mass is 10.2. The molecule has 1 atom stereocenters. The van der Waals surface area contributed by atoms with Gasteiger partial charge in [-0.15, -0.1) is 0 Å². The van der Waals surface area contributed by atoms with Gasteiger partial charge in [-0.25, -0.2) is 14.8 Å². The van der Waals surface area contributed by atoms with Gasteiger partial charge >= 0.3 is 5.97 Å². The third-order valence-electron chi connectivity index (χ3n) is 3.03. The van der Waals surface area contributed by atoms with Crippen molar-refractivity contribution in [2.75, 3.05) is 38.8 Å². The van der Waals surface area contributed by atoms with Gasteiger partial charge in [0, 0.05) is 6.54 Å². The summed E-state index contributed by atoms with van der Waals surface area (Å²) in [6.07, 6.45) is 0.864. The molecule has 19 heavy (non-hydrogen) atoms. The molecule has 1 aliphatic heterocycles. The van der Waals surface area contributed by atoms with Gasteiger partial charge in [0.1, 0.15) is 12.1 Å². The van der Waals surface area contributed by atoms with E-state index in [4.69, 9.17) is 14.2 Å². The Kier molecular flexibility index (Phi) is 4.16. The van der Waals surface area contributed by atoms with E-state index in [0.717, 1.165) is 11.4 Å². The highest BCUT2D eigenvalue weighted by molar-refractivity contribution is 5.75. The van der Waals surface area contributed by atoms with Crippen LogP contribution < -0.4 is 9.64 Å². The third-order valence-corrected chi connectivity index (χ3v) is 3.03. The molecule has 0 aromatic carbocycles. The van der Waals surface area contributed by atoms with Gasteiger partial charge in [-0.05, 0) is 6.92 Å². The highest BCUT2D eigenvalue weighted by atomic mass is 16.6. The Balaban J connectivity index is 2.20. The summed E-state index contributed by atoms with van der Waals surface area (Å²) in [6.45, 7) is 3.41. The first-order valence-electron chi connectivity index (χ1n) is 5.97. The predicted molar refractivity (Wildman–Crippen MR) is 67.3 cm³/mol. The number of esters is 1. The number of rotatable bonds is 3. The normalized spacial score (nSPS) is 19.1. The lowest BCUT2D eigenvalue weighted by Crippen LogP contribution is -2.47. The van der Waals surface area contributed by atoms with Gasteiger partial charge in [-0.2, -0.15) is 0 Å². The number of carbonyl (C=O) groups is 1. The van der Waals surface area contributed by atoms with Crippen molar-refractivity contribution in [1.82, 2.24) is 9.97 Å². The molecular formula is C12H17N3O4. The fourth-order valence-corrected chi connectivity index (χ4v) is 2.07. The second kappa shape index (κ2) is 5.83. The van der Waals surface area contributed by atoms with Crippen molar-refractivity contribution in [1.29, 1.82) is 0 Å². The predicted octanol–water partition coefficient (Wildman–Crippen LogP) is 0.172. The summed E-state index contributed by atoms with van der Waals surface area (Å²) >= 11 is 0. The van der Waals surface area contributed by atoms with E-state index in [9.17, 15) is 4.79 Å². The molecular weight excluding hydrogens is 250 g/mol. The molecule has 7 nitrogen and oxygen atoms in total. The summed E-state index contributed by atoms with van der Waals surface area (Å²) in [5.41, 5.74) is 0.843. The highest BCUT2D eigenvalue weighted by Crippen LogP contribution is 2.25. The van der Waals surface area contributed by atoms with Crippen molar-refractivity contribution in [3.8, 4) is 5.88 Å². The van der Waals surface area contributed by atoms with Crippen LogP contribution in [0.15, 0.2) is 6.33 Å². The molecule has 1 fully saturated rings. The number of nitrogens with zero attached hydrogens (tertiary/aromatic N) is 3. The Bertz CT molecular complexity index is 466. The zero-order valence-electron chi connectivity index (χ0n) is 11.3. The number of hydrogen-bond donors (Lipinski definition) is 0. The van der Waals surface area contributed by atoms with Crippen LogP contribution >= 0.6 is 0 Å². The Hall–Kier alpha value is -1.89. The van der Waals surface area contributed by atoms with Crippen molar-refractivity contribution in [2.24, 2.45) is 0 Å². The molecule has 2 heterocycles. The molecule has 0 saturated carbocycles. The zero-order chi connectivity index (χ0) is 13.8. The molecule has 0 aliphatic carbocycles. The van der Waals surface area contributed by atoms with Crippen LogP contribution in [0.5, 0.6) is 5.88 Å². The van der Waals surface area contributed by atoms with Gasteiger partial charge in [0.15, 0.2) is 6.10 Å². The van der Waals surface area contributed by atoms with E-state index in [1.165, 1.54) is 13.4 Å². The zero-order valence-corrected chi connectivity index (χ0v) is 11.3. The molecule has 0 radical (unpaired) electrons. The maximum absolute atomic E-state index is 11.5. The van der Waals surface area contributed by atoms with Crippen LogP contribution in [0.3, 0.4) is 0 Å². The maximum atomic E-state index is 11.5. The van der Waals surface area contributed by atoms with E-state index in [-0.39, 0.29) is 5.97 Å². The standard InChI is InChI=1S/C12H17N3O4/c1-8-10(13-7-14-11(8)17-2)15-4-5-19-9(6-15)12(16)18-3/h7,9H,4-6H2,1-3H3. The number of methoxy groups -OCH3 is 2. The monoisotopic (exact) mass is 267 g/mol. The van der Waals surface area contributed by atoms with E-state index in [1.54, 1.807) is 7.11 Å². The van der Waals surface area contributed by atoms with Crippen LogP contribution in [0.2, 0.25) is 0 Å². The number of carbonyl (C=O) groups excluding carboxylic acids is 1. The first-order chi connectivity index (χ1) is 9.17. The molecule has 1 aliphatic rings. The number of ether oxygens (including phenoxy) is 3. The van der Waals surface area contributed by atoms with Gasteiger partial charge in [0.05, 0.1) is 32.9 Å². The summed E-state index contributed by atoms with van der Waals surface area (Å²) in [5, 5.41) is 0. The van der Waals surface area contributed by atoms with E-state index >= 15 is 0 Å². The summed E-state index contributed by atoms with van der Waals surface area (Å²) in [5.74, 6) is 0.915. The summed E-state index contributed by atoms with van der Waals surface area (Å²) in [7, 11) is 2.92. The Labute approximate surface area is 111 Å². The Morgan fingerprint density at radius 2 is 2.26 bits per heavy atom. The van der Waals surface area contributed by atoms with Crippen LogP contribution in [0.4, 0.5) is 5.82 Å². The fraction of sp³-hybridized carbons (Fsp3) is 0.583. The second-order valence-corrected chi connectivity index (χ2v) is 4.16. The molecule has 1 aromatic heterocycles. The molecule has 1 aromatic rings. The van der Waals surface area contributed by atoms with Crippen LogP contribution in [-0.4, -0.2) is 56.0 Å². The van der Waals surface area contributed by atoms with Crippen molar-refractivity contribution >= 4 is 11.8 Å². The number of aromatic nitrogens is 2. The average Bonchev–Trinajstić information content (AvgIpc) is 2.46. The molecule has 1 unspecified atom stereocenters. The van der Waals surface area contributed by atoms with Gasteiger partial charge in [0.25, 0.3) is 0 Å². The van der Waals surface area contributed by atoms with E-state index < -0.39 is 6.10 Å². The minimum atomic E-state index is -0.584. The quantitative estimate of drug-likeness (QED) is 0.723. The summed E-state index contributed by atoms with van der Waals surface area (Å²) in [4.78, 5) is 21.8. The fourth-order valence-electron chi connectivity index (χ4n) is 2.07. The topological polar surface area (TPSA) is 73.8 Å². The molecule has 7 heteroatoms. The first kappa shape index (κ1) is 13.5. The van der Waals surface area contributed by atoms with Gasteiger partial charge < -0.3 is 19.1 Å². The number of anilines is 1. The van der Waals surface area contributed by atoms with Crippen molar-refractivity contribution in [3.63, 3.8) is 0 Å². The maximum Gasteiger partial charge on any atom is 0.336 e. The van der Waals surface area contributed by atoms with Crippen molar-refractivity contribution in [2.45, 2.75) is 13.0 Å². The SMILES string of the molecule is COC(=O)C1CN(c2ncnc(OC)c2C)CCO1. The number of hydrogen-bond acceptors (Lipinski definition) is 7. The van der Waals surface area contributed by atoms with Crippen LogP contribution in [0.25, 0.3) is 0 Å². The minimum Gasteiger partial charge on any atom is -0.481 e. The summed E-state index contributed by atoms with van der Waals surface area (Å²) in [6, 6.07) is 0. The van der Waals surface area contributed by atoms with Crippen LogP contribution in [0.1, 0.15) is 5.56 Å². The van der Waals surface area contributed by atoms with Crippen molar-refractivity contribution in [3.05, 3.63) is 11.9 Å². The van der Waals surface area contributed by atoms with Gasteiger partial charge in [-0.3, -0.25) is 0 Å². The molecule has 1 saturated heterocycles. The number of morpholine rings is 1. The molecule has 0 bridgehead atoms. The third kappa shape index (κ3) is 2.76. The molecule has 2 rings (SSSR count). The Morgan fingerprint density at radius 3 is 2.95 bits per heavy atom. The Morgan fingerprint density at radius 1 is 1.47 bits per heavy atom. The molecule has 0 N–H and O–H groups in total. The van der Waals surface area contributed by atoms with E-state index in [2.05, 4.69) is 9.97 Å². The molecule has 104 valence electrons. The second-order valence-electron chi connectivity index (χ2n) is 4.16. The van der Waals surface area contributed by atoms with Gasteiger partial charge in [-0.1, -0.05) is 0 Å². The van der Waals surface area contributed by atoms with Crippen LogP contribution in [0, 0.1) is 6.92 Å².